The van der Waals surface area contributed by atoms with E-state index < -0.39 is 57.1 Å². The van der Waals surface area contributed by atoms with Crippen LogP contribution in [-0.4, -0.2) is 30.6 Å². The summed E-state index contributed by atoms with van der Waals surface area (Å²) in [7, 11) is -4.98. The molecule has 10 nitrogen and oxygen atoms in total. The van der Waals surface area contributed by atoms with E-state index in [0.29, 0.717) is 6.42 Å². The molecular formula is C16H18NO9P-4. The van der Waals surface area contributed by atoms with Crippen molar-refractivity contribution in [3.8, 4) is 0 Å². The Hall–Kier alpha value is -2.26. The molecule has 11 heteroatoms. The van der Waals surface area contributed by atoms with Crippen LogP contribution in [0.15, 0.2) is 30.3 Å². The highest BCUT2D eigenvalue weighted by Crippen LogP contribution is 2.34. The molecule has 0 aromatic heterocycles. The first-order valence-corrected chi connectivity index (χ1v) is 9.54. The van der Waals surface area contributed by atoms with Crippen molar-refractivity contribution in [2.45, 2.75) is 31.7 Å². The summed E-state index contributed by atoms with van der Waals surface area (Å²) in [5.41, 5.74) is 0.839. The number of rotatable bonds is 13. The second-order valence-corrected chi connectivity index (χ2v) is 7.26. The van der Waals surface area contributed by atoms with Crippen LogP contribution < -0.4 is 25.3 Å². The third kappa shape index (κ3) is 9.30. The monoisotopic (exact) mass is 399 g/mol. The molecule has 0 spiro atoms. The average molecular weight is 399 g/mol. The van der Waals surface area contributed by atoms with Crippen molar-refractivity contribution in [2.75, 3.05) is 6.61 Å². The van der Waals surface area contributed by atoms with E-state index >= 15 is 0 Å². The average Bonchev–Trinajstić information content (AvgIpc) is 2.58. The fourth-order valence-corrected chi connectivity index (χ4v) is 3.24. The zero-order valence-electron chi connectivity index (χ0n) is 14.2. The molecule has 0 fully saturated rings. The molecule has 0 radical (unpaired) electrons. The van der Waals surface area contributed by atoms with Gasteiger partial charge in [0.05, 0.1) is 18.6 Å². The quantitative estimate of drug-likeness (QED) is 0.330. The minimum Gasteiger partial charge on any atom is -0.766 e. The Labute approximate surface area is 155 Å². The standard InChI is InChI=1S/C16H22NO9P/c18-14(19)9-8-13(16(22)23)17-27(24,25)26-10-12(15(20)21)7-6-11-4-2-1-3-5-11/h1-5,12-13H,6-10H2,(H,18,19)(H,20,21)(H,22,23)(H2,17,24,25)/p-4/t12?,13-/m0/s1. The first-order valence-electron chi connectivity index (χ1n) is 7.99. The van der Waals surface area contributed by atoms with Crippen molar-refractivity contribution in [3.05, 3.63) is 35.9 Å². The number of aryl methyl sites for hydroxylation is 1. The summed E-state index contributed by atoms with van der Waals surface area (Å²) in [6, 6.07) is 7.02. The van der Waals surface area contributed by atoms with Gasteiger partial charge >= 0.3 is 0 Å². The maximum Gasteiger partial charge on any atom is 0.204 e. The van der Waals surface area contributed by atoms with E-state index in [1.807, 2.05) is 0 Å². The predicted molar refractivity (Wildman–Crippen MR) is 83.0 cm³/mol. The lowest BCUT2D eigenvalue weighted by Crippen LogP contribution is -2.46. The van der Waals surface area contributed by atoms with Gasteiger partial charge in [0.25, 0.3) is 0 Å². The number of carbonyl (C=O) groups is 3. The molecule has 2 unspecified atom stereocenters. The van der Waals surface area contributed by atoms with Gasteiger partial charge in [-0.3, -0.25) is 4.57 Å². The molecule has 0 amide bonds. The molecule has 1 aromatic rings. The minimum atomic E-state index is -4.98. The Morgan fingerprint density at radius 2 is 1.67 bits per heavy atom. The van der Waals surface area contributed by atoms with Crippen LogP contribution >= 0.6 is 7.75 Å². The van der Waals surface area contributed by atoms with E-state index in [4.69, 9.17) is 0 Å². The Morgan fingerprint density at radius 3 is 2.19 bits per heavy atom. The molecule has 1 rings (SSSR count). The summed E-state index contributed by atoms with van der Waals surface area (Å²) in [4.78, 5) is 44.2. The number of hydrogen-bond donors (Lipinski definition) is 1. The molecule has 0 aliphatic carbocycles. The topological polar surface area (TPSA) is 182 Å². The zero-order valence-corrected chi connectivity index (χ0v) is 15.1. The lowest BCUT2D eigenvalue weighted by atomic mass is 10.0. The number of carboxylic acids is 3. The summed E-state index contributed by atoms with van der Waals surface area (Å²) < 4.78 is 16.4. The van der Waals surface area contributed by atoms with E-state index in [9.17, 15) is 39.2 Å². The molecule has 0 bridgehead atoms. The van der Waals surface area contributed by atoms with E-state index in [2.05, 4.69) is 4.52 Å². The van der Waals surface area contributed by atoms with Gasteiger partial charge in [-0.1, -0.05) is 30.3 Å². The molecule has 0 heterocycles. The molecule has 0 aliphatic rings. The summed E-state index contributed by atoms with van der Waals surface area (Å²) >= 11 is 0. The van der Waals surface area contributed by atoms with Gasteiger partial charge in [0.15, 0.2) is 0 Å². The van der Waals surface area contributed by atoms with Gasteiger partial charge in [-0.25, -0.2) is 5.09 Å². The fraction of sp³-hybridized carbons (Fsp3) is 0.438. The van der Waals surface area contributed by atoms with Crippen molar-refractivity contribution >= 4 is 25.7 Å². The summed E-state index contributed by atoms with van der Waals surface area (Å²) in [6.45, 7) is -0.761. The third-order valence-electron chi connectivity index (χ3n) is 3.64. The van der Waals surface area contributed by atoms with E-state index in [-0.39, 0.29) is 6.42 Å². The SMILES string of the molecule is O=C([O-])CC[C@H](NP(=O)([O-])OCC(CCc1ccccc1)C(=O)[O-])C(=O)[O-]. The Bertz CT molecular complexity index is 694. The molecule has 0 saturated carbocycles. The molecule has 150 valence electrons. The van der Waals surface area contributed by atoms with Crippen LogP contribution in [-0.2, 0) is 29.9 Å². The van der Waals surface area contributed by atoms with Crippen molar-refractivity contribution in [1.82, 2.24) is 5.09 Å². The molecule has 0 aliphatic heterocycles. The van der Waals surface area contributed by atoms with Crippen LogP contribution in [0, 0.1) is 5.92 Å². The molecule has 27 heavy (non-hydrogen) atoms. The van der Waals surface area contributed by atoms with Gasteiger partial charge in [-0.15, -0.1) is 0 Å². The van der Waals surface area contributed by atoms with Crippen molar-refractivity contribution in [2.24, 2.45) is 5.92 Å². The van der Waals surface area contributed by atoms with Crippen LogP contribution in [0.3, 0.4) is 0 Å². The van der Waals surface area contributed by atoms with Crippen molar-refractivity contribution in [1.29, 1.82) is 0 Å². The summed E-state index contributed by atoms with van der Waals surface area (Å²) in [5, 5.41) is 34.1. The highest BCUT2D eigenvalue weighted by atomic mass is 31.2. The zero-order chi connectivity index (χ0) is 20.4. The number of carbonyl (C=O) groups excluding carboxylic acids is 3. The molecule has 3 atom stereocenters. The molecule has 1 aromatic carbocycles. The van der Waals surface area contributed by atoms with E-state index in [1.54, 1.807) is 35.4 Å². The van der Waals surface area contributed by atoms with Gasteiger partial charge in [0, 0.05) is 17.9 Å². The van der Waals surface area contributed by atoms with Crippen LogP contribution in [0.25, 0.3) is 0 Å². The number of nitrogens with one attached hydrogen (secondary N) is 1. The van der Waals surface area contributed by atoms with Gasteiger partial charge in [-0.2, -0.15) is 0 Å². The summed E-state index contributed by atoms with van der Waals surface area (Å²) in [6.07, 6.45) is -0.948. The van der Waals surface area contributed by atoms with Crippen LogP contribution in [0.5, 0.6) is 0 Å². The maximum absolute atomic E-state index is 11.8. The number of aliphatic carboxylic acids is 3. The van der Waals surface area contributed by atoms with E-state index in [0.717, 1.165) is 5.56 Å². The molecule has 0 saturated heterocycles. The van der Waals surface area contributed by atoms with Gasteiger partial charge < -0.3 is 39.1 Å². The highest BCUT2D eigenvalue weighted by Gasteiger charge is 2.20. The van der Waals surface area contributed by atoms with Crippen molar-refractivity contribution < 1.29 is 43.7 Å². The summed E-state index contributed by atoms with van der Waals surface area (Å²) in [5.74, 6) is -6.18. The Kier molecular flexibility index (Phi) is 9.10. The highest BCUT2D eigenvalue weighted by molar-refractivity contribution is 7.49. The minimum absolute atomic E-state index is 0.0426. The number of hydrogen-bond acceptors (Lipinski definition) is 9. The van der Waals surface area contributed by atoms with Gasteiger partial charge in [-0.05, 0) is 31.2 Å². The van der Waals surface area contributed by atoms with Crippen LogP contribution in [0.4, 0.5) is 0 Å². The lowest BCUT2D eigenvalue weighted by molar-refractivity contribution is -0.314. The molecular weight excluding hydrogens is 381 g/mol. The van der Waals surface area contributed by atoms with Gasteiger partial charge in [0.1, 0.15) is 0 Å². The largest absolute Gasteiger partial charge is 0.766 e. The van der Waals surface area contributed by atoms with Gasteiger partial charge in [0.2, 0.25) is 7.75 Å². The normalized spacial score (nSPS) is 15.4. The Balaban J connectivity index is 2.60. The van der Waals surface area contributed by atoms with Crippen LogP contribution in [0.1, 0.15) is 24.8 Å². The Morgan fingerprint density at radius 1 is 1.04 bits per heavy atom. The second kappa shape index (κ2) is 10.8. The molecule has 1 N–H and O–H groups in total. The lowest BCUT2D eigenvalue weighted by Gasteiger charge is -2.31. The van der Waals surface area contributed by atoms with E-state index in [1.165, 1.54) is 0 Å². The first kappa shape index (κ1) is 22.8. The second-order valence-electron chi connectivity index (χ2n) is 5.74. The predicted octanol–water partition coefficient (Wildman–Crippen LogP) is -3.29. The first-order chi connectivity index (χ1) is 12.6. The fourth-order valence-electron chi connectivity index (χ4n) is 2.17. The number of benzene rings is 1. The van der Waals surface area contributed by atoms with Crippen LogP contribution in [0.2, 0.25) is 0 Å². The number of carboxylic acid groups (broad SMARTS) is 3. The maximum atomic E-state index is 11.8. The smallest absolute Gasteiger partial charge is 0.204 e. The van der Waals surface area contributed by atoms with Crippen molar-refractivity contribution in [3.63, 3.8) is 0 Å². The third-order valence-corrected chi connectivity index (χ3v) is 4.76.